The first-order valence-corrected chi connectivity index (χ1v) is 7.45. The Morgan fingerprint density at radius 2 is 1.95 bits per heavy atom. The Labute approximate surface area is 122 Å². The highest BCUT2D eigenvalue weighted by Gasteiger charge is 2.16. The number of carbonyl (C=O) groups is 2. The molecule has 1 amide bonds. The second kappa shape index (κ2) is 5.07. The third-order valence-electron chi connectivity index (χ3n) is 2.76. The average Bonchev–Trinajstić information content (AvgIpc) is 3.03. The molecule has 6 heteroatoms. The van der Waals surface area contributed by atoms with Crippen LogP contribution in [0.25, 0.3) is 10.1 Å². The number of carboxylic acid groups (broad SMARTS) is 1. The number of nitrogens with one attached hydrogen (secondary N) is 1. The summed E-state index contributed by atoms with van der Waals surface area (Å²) >= 11 is 2.47. The lowest BCUT2D eigenvalue weighted by Crippen LogP contribution is -2.11. The van der Waals surface area contributed by atoms with E-state index in [1.807, 2.05) is 30.3 Å². The van der Waals surface area contributed by atoms with Crippen molar-refractivity contribution in [3.05, 3.63) is 51.5 Å². The van der Waals surface area contributed by atoms with Gasteiger partial charge < -0.3 is 10.4 Å². The van der Waals surface area contributed by atoms with Gasteiger partial charge in [0.25, 0.3) is 5.91 Å². The number of carbonyl (C=O) groups excluding carboxylic acids is 1. The van der Waals surface area contributed by atoms with Gasteiger partial charge in [0.1, 0.15) is 4.88 Å². The first kappa shape index (κ1) is 12.8. The average molecular weight is 303 g/mol. The van der Waals surface area contributed by atoms with Gasteiger partial charge in [-0.05, 0) is 29.0 Å². The van der Waals surface area contributed by atoms with Crippen molar-refractivity contribution in [3.8, 4) is 0 Å². The van der Waals surface area contributed by atoms with E-state index >= 15 is 0 Å². The lowest BCUT2D eigenvalue weighted by atomic mass is 10.2. The Morgan fingerprint density at radius 3 is 2.70 bits per heavy atom. The Balaban J connectivity index is 1.89. The molecule has 20 heavy (non-hydrogen) atoms. The van der Waals surface area contributed by atoms with E-state index in [0.29, 0.717) is 10.6 Å². The largest absolute Gasteiger partial charge is 0.477 e. The highest BCUT2D eigenvalue weighted by molar-refractivity contribution is 7.21. The zero-order chi connectivity index (χ0) is 14.1. The summed E-state index contributed by atoms with van der Waals surface area (Å²) in [5.41, 5.74) is 0.338. The van der Waals surface area contributed by atoms with Crippen LogP contribution >= 0.6 is 22.7 Å². The molecule has 0 bridgehead atoms. The molecule has 0 saturated heterocycles. The molecule has 0 atom stereocenters. The van der Waals surface area contributed by atoms with Gasteiger partial charge in [-0.2, -0.15) is 0 Å². The van der Waals surface area contributed by atoms with Crippen LogP contribution in [-0.2, 0) is 0 Å². The number of hydrogen-bond donors (Lipinski definition) is 2. The number of amides is 1. The van der Waals surface area contributed by atoms with E-state index in [1.165, 1.54) is 11.3 Å². The highest BCUT2D eigenvalue weighted by Crippen LogP contribution is 2.27. The third kappa shape index (κ3) is 2.31. The smallest absolute Gasteiger partial charge is 0.348 e. The summed E-state index contributed by atoms with van der Waals surface area (Å²) < 4.78 is 1.03. The molecule has 0 saturated carbocycles. The minimum absolute atomic E-state index is 0.138. The van der Waals surface area contributed by atoms with E-state index in [-0.39, 0.29) is 10.8 Å². The van der Waals surface area contributed by atoms with Crippen molar-refractivity contribution in [2.24, 2.45) is 0 Å². The van der Waals surface area contributed by atoms with Gasteiger partial charge in [-0.1, -0.05) is 18.2 Å². The number of rotatable bonds is 3. The van der Waals surface area contributed by atoms with Crippen LogP contribution < -0.4 is 5.32 Å². The van der Waals surface area contributed by atoms with Crippen LogP contribution in [0.3, 0.4) is 0 Å². The minimum Gasteiger partial charge on any atom is -0.477 e. The fourth-order valence-electron chi connectivity index (χ4n) is 1.85. The highest BCUT2D eigenvalue weighted by atomic mass is 32.1. The SMILES string of the molecule is O=C(Nc1ccsc1C(=O)O)c1cc2ccccc2s1. The number of hydrogen-bond acceptors (Lipinski definition) is 4. The molecule has 0 radical (unpaired) electrons. The lowest BCUT2D eigenvalue weighted by Gasteiger charge is -2.01. The van der Waals surface area contributed by atoms with E-state index in [4.69, 9.17) is 5.11 Å². The van der Waals surface area contributed by atoms with Crippen molar-refractivity contribution in [1.29, 1.82) is 0 Å². The molecule has 0 unspecified atom stereocenters. The third-order valence-corrected chi connectivity index (χ3v) is 4.77. The van der Waals surface area contributed by atoms with Gasteiger partial charge >= 0.3 is 5.97 Å². The van der Waals surface area contributed by atoms with Gasteiger partial charge in [-0.15, -0.1) is 22.7 Å². The van der Waals surface area contributed by atoms with Crippen LogP contribution in [0.2, 0.25) is 0 Å². The molecule has 0 spiro atoms. The van der Waals surface area contributed by atoms with E-state index in [2.05, 4.69) is 5.32 Å². The summed E-state index contributed by atoms with van der Waals surface area (Å²) in [6.07, 6.45) is 0. The maximum absolute atomic E-state index is 12.2. The van der Waals surface area contributed by atoms with Crippen molar-refractivity contribution >= 4 is 50.3 Å². The van der Waals surface area contributed by atoms with Crippen molar-refractivity contribution < 1.29 is 14.7 Å². The van der Waals surface area contributed by atoms with Crippen LogP contribution in [0.1, 0.15) is 19.3 Å². The molecule has 2 aromatic heterocycles. The topological polar surface area (TPSA) is 66.4 Å². The molecule has 2 N–H and O–H groups in total. The summed E-state index contributed by atoms with van der Waals surface area (Å²) in [6.45, 7) is 0. The minimum atomic E-state index is -1.04. The fraction of sp³-hybridized carbons (Fsp3) is 0. The molecular formula is C14H9NO3S2. The molecule has 0 aliphatic heterocycles. The quantitative estimate of drug-likeness (QED) is 0.771. The molecule has 3 aromatic rings. The Hall–Kier alpha value is -2.18. The van der Waals surface area contributed by atoms with Crippen LogP contribution in [0.4, 0.5) is 5.69 Å². The maximum Gasteiger partial charge on any atom is 0.348 e. The lowest BCUT2D eigenvalue weighted by molar-refractivity contribution is 0.0703. The Bertz CT molecular complexity index is 770. The molecule has 4 nitrogen and oxygen atoms in total. The van der Waals surface area contributed by atoms with Gasteiger partial charge in [0.2, 0.25) is 0 Å². The van der Waals surface area contributed by atoms with Gasteiger partial charge in [0.15, 0.2) is 0 Å². The zero-order valence-electron chi connectivity index (χ0n) is 10.1. The number of fused-ring (bicyclic) bond motifs is 1. The van der Waals surface area contributed by atoms with E-state index in [9.17, 15) is 9.59 Å². The summed E-state index contributed by atoms with van der Waals surface area (Å²) in [6, 6.07) is 11.1. The second-order valence-electron chi connectivity index (χ2n) is 4.07. The van der Waals surface area contributed by atoms with Gasteiger partial charge in [-0.25, -0.2) is 4.79 Å². The molecule has 0 fully saturated rings. The Morgan fingerprint density at radius 1 is 1.15 bits per heavy atom. The van der Waals surface area contributed by atoms with Crippen LogP contribution in [0, 0.1) is 0 Å². The standard InChI is InChI=1S/C14H9NO3S2/c16-13(15-9-5-6-19-12(9)14(17)18)11-7-8-3-1-2-4-10(8)20-11/h1-7H,(H,15,16)(H,17,18). The molecule has 2 heterocycles. The van der Waals surface area contributed by atoms with E-state index in [0.717, 1.165) is 21.4 Å². The number of thiophene rings is 2. The van der Waals surface area contributed by atoms with Crippen LogP contribution in [0.5, 0.6) is 0 Å². The zero-order valence-corrected chi connectivity index (χ0v) is 11.8. The molecule has 0 aliphatic carbocycles. The van der Waals surface area contributed by atoms with E-state index < -0.39 is 5.97 Å². The number of carboxylic acids is 1. The number of anilines is 1. The van der Waals surface area contributed by atoms with Crippen LogP contribution in [0.15, 0.2) is 41.8 Å². The van der Waals surface area contributed by atoms with E-state index in [1.54, 1.807) is 11.4 Å². The van der Waals surface area contributed by atoms with Crippen LogP contribution in [-0.4, -0.2) is 17.0 Å². The fourth-order valence-corrected chi connectivity index (χ4v) is 3.50. The number of aromatic carboxylic acids is 1. The molecule has 1 aromatic carbocycles. The first-order valence-electron chi connectivity index (χ1n) is 5.76. The summed E-state index contributed by atoms with van der Waals surface area (Å²) in [7, 11) is 0. The summed E-state index contributed by atoms with van der Waals surface area (Å²) in [5, 5.41) is 14.3. The van der Waals surface area contributed by atoms with Gasteiger partial charge in [-0.3, -0.25) is 4.79 Å². The predicted molar refractivity (Wildman–Crippen MR) is 81.1 cm³/mol. The predicted octanol–water partition coefficient (Wildman–Crippen LogP) is 3.91. The van der Waals surface area contributed by atoms with Crippen molar-refractivity contribution in [2.75, 3.05) is 5.32 Å². The second-order valence-corrected chi connectivity index (χ2v) is 6.07. The Kier molecular flexibility index (Phi) is 3.25. The monoisotopic (exact) mass is 303 g/mol. The van der Waals surface area contributed by atoms with Crippen molar-refractivity contribution in [1.82, 2.24) is 0 Å². The number of benzene rings is 1. The van der Waals surface area contributed by atoms with Gasteiger partial charge in [0.05, 0.1) is 10.6 Å². The summed E-state index contributed by atoms with van der Waals surface area (Å²) in [4.78, 5) is 23.9. The summed E-state index contributed by atoms with van der Waals surface area (Å²) in [5.74, 6) is -1.32. The van der Waals surface area contributed by atoms with Crippen molar-refractivity contribution in [2.45, 2.75) is 0 Å². The molecule has 0 aliphatic rings. The molecular weight excluding hydrogens is 294 g/mol. The molecule has 100 valence electrons. The first-order chi connectivity index (χ1) is 9.65. The van der Waals surface area contributed by atoms with Crippen molar-refractivity contribution in [3.63, 3.8) is 0 Å². The maximum atomic E-state index is 12.2. The van der Waals surface area contributed by atoms with Gasteiger partial charge in [0, 0.05) is 4.70 Å². The molecule has 3 rings (SSSR count). The normalized spacial score (nSPS) is 10.6.